The second-order valence-electron chi connectivity index (χ2n) is 5.48. The van der Waals surface area contributed by atoms with E-state index in [0.29, 0.717) is 30.4 Å². The zero-order chi connectivity index (χ0) is 16.9. The van der Waals surface area contributed by atoms with E-state index in [2.05, 4.69) is 20.6 Å². The van der Waals surface area contributed by atoms with Crippen LogP contribution in [0.5, 0.6) is 11.5 Å². The van der Waals surface area contributed by atoms with E-state index < -0.39 is 0 Å². The van der Waals surface area contributed by atoms with Crippen molar-refractivity contribution in [2.24, 2.45) is 0 Å². The molecule has 1 aliphatic rings. The van der Waals surface area contributed by atoms with Crippen LogP contribution in [0.25, 0.3) is 0 Å². The zero-order valence-electron chi connectivity index (χ0n) is 13.8. The third-order valence-electron chi connectivity index (χ3n) is 3.52. The molecule has 1 aliphatic heterocycles. The maximum atomic E-state index is 12.1. The molecule has 1 aromatic carbocycles. The second-order valence-corrected chi connectivity index (χ2v) is 5.48. The highest BCUT2D eigenvalue weighted by molar-refractivity contribution is 5.92. The maximum absolute atomic E-state index is 12.1. The summed E-state index contributed by atoms with van der Waals surface area (Å²) in [5.74, 6) is 2.47. The third-order valence-corrected chi connectivity index (χ3v) is 3.52. The molecule has 126 valence electrons. The molecule has 0 saturated carbocycles. The Morgan fingerprint density at radius 1 is 1.21 bits per heavy atom. The highest BCUT2D eigenvalue weighted by atomic mass is 16.7. The number of aryl methyl sites for hydroxylation is 1. The lowest BCUT2D eigenvalue weighted by Crippen LogP contribution is -2.25. The lowest BCUT2D eigenvalue weighted by Gasteiger charge is -2.09. The van der Waals surface area contributed by atoms with Crippen molar-refractivity contribution in [1.29, 1.82) is 0 Å². The topological polar surface area (TPSA) is 85.4 Å². The number of benzene rings is 1. The molecule has 0 saturated heterocycles. The Hall–Kier alpha value is -2.83. The first-order valence-electron chi connectivity index (χ1n) is 7.92. The van der Waals surface area contributed by atoms with Crippen LogP contribution in [-0.4, -0.2) is 29.2 Å². The standard InChI is InChI=1S/C17H20N4O3/c1-3-6-18-17(22)13-8-16(21-11(2)20-13)19-9-12-4-5-14-15(7-12)24-10-23-14/h4-5,7-8H,3,6,9-10H2,1-2H3,(H,18,22)(H,19,20,21). The number of hydrogen-bond acceptors (Lipinski definition) is 6. The van der Waals surface area contributed by atoms with Crippen LogP contribution in [0.1, 0.15) is 35.2 Å². The van der Waals surface area contributed by atoms with Crippen LogP contribution < -0.4 is 20.1 Å². The average Bonchev–Trinajstić information content (AvgIpc) is 3.05. The molecular formula is C17H20N4O3. The van der Waals surface area contributed by atoms with E-state index in [0.717, 1.165) is 23.5 Å². The van der Waals surface area contributed by atoms with E-state index in [-0.39, 0.29) is 12.7 Å². The van der Waals surface area contributed by atoms with Crippen LogP contribution >= 0.6 is 0 Å². The van der Waals surface area contributed by atoms with E-state index >= 15 is 0 Å². The number of rotatable bonds is 6. The van der Waals surface area contributed by atoms with Crippen molar-refractivity contribution in [2.45, 2.75) is 26.8 Å². The fourth-order valence-electron chi connectivity index (χ4n) is 2.35. The molecule has 1 amide bonds. The van der Waals surface area contributed by atoms with Crippen molar-refractivity contribution in [3.05, 3.63) is 41.3 Å². The molecule has 0 radical (unpaired) electrons. The van der Waals surface area contributed by atoms with Gasteiger partial charge in [-0.15, -0.1) is 0 Å². The van der Waals surface area contributed by atoms with E-state index in [1.54, 1.807) is 13.0 Å². The van der Waals surface area contributed by atoms with Crippen molar-refractivity contribution in [2.75, 3.05) is 18.7 Å². The van der Waals surface area contributed by atoms with Gasteiger partial charge in [0.1, 0.15) is 17.3 Å². The average molecular weight is 328 g/mol. The molecule has 0 fully saturated rings. The van der Waals surface area contributed by atoms with Crippen molar-refractivity contribution in [3.8, 4) is 11.5 Å². The normalized spacial score (nSPS) is 12.1. The molecule has 2 N–H and O–H groups in total. The Morgan fingerprint density at radius 3 is 2.88 bits per heavy atom. The number of ether oxygens (including phenoxy) is 2. The number of aromatic nitrogens is 2. The zero-order valence-corrected chi connectivity index (χ0v) is 13.8. The SMILES string of the molecule is CCCNC(=O)c1cc(NCc2ccc3c(c2)OCO3)nc(C)n1. The molecule has 0 unspecified atom stereocenters. The van der Waals surface area contributed by atoms with Gasteiger partial charge in [-0.05, 0) is 31.0 Å². The van der Waals surface area contributed by atoms with E-state index in [9.17, 15) is 4.79 Å². The summed E-state index contributed by atoms with van der Waals surface area (Å²) in [4.78, 5) is 20.6. The van der Waals surface area contributed by atoms with E-state index in [1.165, 1.54) is 0 Å². The summed E-state index contributed by atoms with van der Waals surface area (Å²) >= 11 is 0. The first kappa shape index (κ1) is 16.0. The summed E-state index contributed by atoms with van der Waals surface area (Å²) in [5.41, 5.74) is 1.40. The van der Waals surface area contributed by atoms with Crippen LogP contribution in [0.15, 0.2) is 24.3 Å². The van der Waals surface area contributed by atoms with Crippen molar-refractivity contribution < 1.29 is 14.3 Å². The fourth-order valence-corrected chi connectivity index (χ4v) is 2.35. The molecular weight excluding hydrogens is 308 g/mol. The van der Waals surface area contributed by atoms with Gasteiger partial charge in [0.25, 0.3) is 5.91 Å². The molecule has 0 spiro atoms. The summed E-state index contributed by atoms with van der Waals surface area (Å²) in [6.45, 7) is 5.21. The molecule has 7 nitrogen and oxygen atoms in total. The van der Waals surface area contributed by atoms with Gasteiger partial charge < -0.3 is 20.1 Å². The molecule has 0 bridgehead atoms. The number of hydrogen-bond donors (Lipinski definition) is 2. The minimum atomic E-state index is -0.187. The van der Waals surface area contributed by atoms with Gasteiger partial charge in [-0.2, -0.15) is 0 Å². The van der Waals surface area contributed by atoms with Crippen LogP contribution in [0.3, 0.4) is 0 Å². The minimum absolute atomic E-state index is 0.187. The quantitative estimate of drug-likeness (QED) is 0.846. The lowest BCUT2D eigenvalue weighted by atomic mass is 10.2. The number of fused-ring (bicyclic) bond motifs is 1. The Balaban J connectivity index is 1.68. The smallest absolute Gasteiger partial charge is 0.270 e. The van der Waals surface area contributed by atoms with Gasteiger partial charge in [0.15, 0.2) is 11.5 Å². The van der Waals surface area contributed by atoms with Gasteiger partial charge in [0.05, 0.1) is 0 Å². The summed E-state index contributed by atoms with van der Waals surface area (Å²) in [6, 6.07) is 7.43. The molecule has 0 aliphatic carbocycles. The number of carbonyl (C=O) groups is 1. The van der Waals surface area contributed by atoms with Crippen molar-refractivity contribution in [3.63, 3.8) is 0 Å². The predicted octanol–water partition coefficient (Wildman–Crippen LogP) is 2.27. The van der Waals surface area contributed by atoms with Gasteiger partial charge in [0.2, 0.25) is 6.79 Å². The molecule has 0 atom stereocenters. The first-order valence-corrected chi connectivity index (χ1v) is 7.92. The van der Waals surface area contributed by atoms with Crippen molar-refractivity contribution >= 4 is 11.7 Å². The Kier molecular flexibility index (Phi) is 4.79. The van der Waals surface area contributed by atoms with Gasteiger partial charge in [-0.25, -0.2) is 9.97 Å². The number of carbonyl (C=O) groups excluding carboxylic acids is 1. The van der Waals surface area contributed by atoms with Crippen molar-refractivity contribution in [1.82, 2.24) is 15.3 Å². The first-order chi connectivity index (χ1) is 11.7. The monoisotopic (exact) mass is 328 g/mol. The van der Waals surface area contributed by atoms with Gasteiger partial charge in [-0.1, -0.05) is 13.0 Å². The van der Waals surface area contributed by atoms with Gasteiger partial charge in [-0.3, -0.25) is 4.79 Å². The summed E-state index contributed by atoms with van der Waals surface area (Å²) in [7, 11) is 0. The summed E-state index contributed by atoms with van der Waals surface area (Å²) in [6.07, 6.45) is 0.880. The number of nitrogens with one attached hydrogen (secondary N) is 2. The summed E-state index contributed by atoms with van der Waals surface area (Å²) < 4.78 is 10.7. The number of amides is 1. The van der Waals surface area contributed by atoms with E-state index in [1.807, 2.05) is 25.1 Å². The Labute approximate surface area is 140 Å². The largest absolute Gasteiger partial charge is 0.454 e. The molecule has 3 rings (SSSR count). The Bertz CT molecular complexity index is 749. The fraction of sp³-hybridized carbons (Fsp3) is 0.353. The summed E-state index contributed by atoms with van der Waals surface area (Å²) in [5, 5.41) is 6.03. The molecule has 2 heterocycles. The maximum Gasteiger partial charge on any atom is 0.270 e. The minimum Gasteiger partial charge on any atom is -0.454 e. The van der Waals surface area contributed by atoms with E-state index in [4.69, 9.17) is 9.47 Å². The number of anilines is 1. The molecule has 7 heteroatoms. The molecule has 1 aromatic heterocycles. The number of nitrogens with zero attached hydrogens (tertiary/aromatic N) is 2. The molecule has 24 heavy (non-hydrogen) atoms. The van der Waals surface area contributed by atoms with Crippen LogP contribution in [0, 0.1) is 6.92 Å². The Morgan fingerprint density at radius 2 is 2.04 bits per heavy atom. The van der Waals surface area contributed by atoms with Gasteiger partial charge >= 0.3 is 0 Å². The highest BCUT2D eigenvalue weighted by Crippen LogP contribution is 2.32. The third kappa shape index (κ3) is 3.73. The molecule has 2 aromatic rings. The van der Waals surface area contributed by atoms with Crippen LogP contribution in [0.2, 0.25) is 0 Å². The van der Waals surface area contributed by atoms with Gasteiger partial charge in [0, 0.05) is 19.2 Å². The van der Waals surface area contributed by atoms with Crippen LogP contribution in [0.4, 0.5) is 5.82 Å². The lowest BCUT2D eigenvalue weighted by molar-refractivity contribution is 0.0948. The highest BCUT2D eigenvalue weighted by Gasteiger charge is 2.13. The van der Waals surface area contributed by atoms with Crippen LogP contribution in [-0.2, 0) is 6.54 Å². The second kappa shape index (κ2) is 7.16. The predicted molar refractivity (Wildman–Crippen MR) is 89.3 cm³/mol.